The topological polar surface area (TPSA) is 66.8 Å². The molecule has 3 aromatic carbocycles. The van der Waals surface area contributed by atoms with Crippen LogP contribution in [0.3, 0.4) is 0 Å². The number of anilines is 1. The Morgan fingerprint density at radius 1 is 0.964 bits per heavy atom. The number of carboxylic acids is 1. The molecule has 7 heteroatoms. The first kappa shape index (κ1) is 19.6. The zero-order valence-electron chi connectivity index (χ0n) is 14.7. The largest absolute Gasteiger partial charge is 0.478 e. The Bertz CT molecular complexity index is 1040. The number of halogens is 2. The van der Waals surface area contributed by atoms with E-state index in [1.165, 1.54) is 31.3 Å². The summed E-state index contributed by atoms with van der Waals surface area (Å²) in [6, 6.07) is 17.3. The van der Waals surface area contributed by atoms with Gasteiger partial charge in [0, 0.05) is 11.5 Å². The van der Waals surface area contributed by atoms with Gasteiger partial charge in [0.15, 0.2) is 0 Å². The summed E-state index contributed by atoms with van der Waals surface area (Å²) < 4.78 is 20.3. The molecule has 0 aliphatic carbocycles. The van der Waals surface area contributed by atoms with Gasteiger partial charge < -0.3 is 14.7 Å². The average Bonchev–Trinajstić information content (AvgIpc) is 2.67. The number of hydrogen-bond acceptors (Lipinski definition) is 3. The van der Waals surface area contributed by atoms with Crippen molar-refractivity contribution < 1.29 is 23.8 Å². The Balaban J connectivity index is 1.94. The third-order valence-electron chi connectivity index (χ3n) is 4.00. The van der Waals surface area contributed by atoms with Gasteiger partial charge >= 0.3 is 5.97 Å². The lowest BCUT2D eigenvalue weighted by atomic mass is 10.1. The molecule has 0 heterocycles. The van der Waals surface area contributed by atoms with Crippen LogP contribution in [0.1, 0.15) is 20.7 Å². The minimum atomic E-state index is -1.23. The molecule has 0 aromatic heterocycles. The van der Waals surface area contributed by atoms with Gasteiger partial charge in [-0.05, 0) is 48.5 Å². The van der Waals surface area contributed by atoms with Crippen molar-refractivity contribution in [1.82, 2.24) is 0 Å². The standard InChI is InChI=1S/C21H15BrFNO4/c1-24(20(25)16-9-7-13(22)11-18(16)23)19-10-8-15(12-17(19)21(26)27)28-14-5-3-2-4-6-14/h2-12H,1H3,(H,26,27). The van der Waals surface area contributed by atoms with Crippen LogP contribution in [0.15, 0.2) is 71.2 Å². The van der Waals surface area contributed by atoms with Gasteiger partial charge in [0.05, 0.1) is 16.8 Å². The Morgan fingerprint density at radius 3 is 2.32 bits per heavy atom. The molecule has 0 saturated carbocycles. The molecular formula is C21H15BrFNO4. The number of benzene rings is 3. The first-order valence-electron chi connectivity index (χ1n) is 8.20. The fraction of sp³-hybridized carbons (Fsp3) is 0.0476. The predicted molar refractivity (Wildman–Crippen MR) is 107 cm³/mol. The highest BCUT2D eigenvalue weighted by molar-refractivity contribution is 9.10. The molecule has 3 rings (SSSR count). The van der Waals surface area contributed by atoms with Crippen LogP contribution in [-0.2, 0) is 0 Å². The smallest absolute Gasteiger partial charge is 0.337 e. The summed E-state index contributed by atoms with van der Waals surface area (Å²) in [5, 5.41) is 9.57. The third kappa shape index (κ3) is 4.20. The van der Waals surface area contributed by atoms with Gasteiger partial charge in [0.1, 0.15) is 17.3 Å². The summed E-state index contributed by atoms with van der Waals surface area (Å²) in [6.45, 7) is 0. The fourth-order valence-corrected chi connectivity index (χ4v) is 2.95. The quantitative estimate of drug-likeness (QED) is 0.576. The van der Waals surface area contributed by atoms with Crippen molar-refractivity contribution in [3.05, 3.63) is 88.1 Å². The van der Waals surface area contributed by atoms with Crippen LogP contribution in [0, 0.1) is 5.82 Å². The van der Waals surface area contributed by atoms with Crippen molar-refractivity contribution in [2.45, 2.75) is 0 Å². The molecule has 0 saturated heterocycles. The van der Waals surface area contributed by atoms with Crippen LogP contribution < -0.4 is 9.64 Å². The van der Waals surface area contributed by atoms with Crippen LogP contribution in [0.5, 0.6) is 11.5 Å². The molecule has 0 aliphatic heterocycles. The Morgan fingerprint density at radius 2 is 1.68 bits per heavy atom. The molecule has 3 aromatic rings. The zero-order valence-corrected chi connectivity index (χ0v) is 16.3. The van der Waals surface area contributed by atoms with E-state index in [9.17, 15) is 19.1 Å². The number of hydrogen-bond donors (Lipinski definition) is 1. The second-order valence-electron chi connectivity index (χ2n) is 5.89. The minimum Gasteiger partial charge on any atom is -0.478 e. The molecule has 5 nitrogen and oxygen atoms in total. The van der Waals surface area contributed by atoms with Gasteiger partial charge in [0.25, 0.3) is 5.91 Å². The maximum Gasteiger partial charge on any atom is 0.337 e. The first-order valence-corrected chi connectivity index (χ1v) is 8.99. The van der Waals surface area contributed by atoms with Gasteiger partial charge in [-0.25, -0.2) is 9.18 Å². The lowest BCUT2D eigenvalue weighted by Crippen LogP contribution is -2.28. The molecule has 142 valence electrons. The van der Waals surface area contributed by atoms with Gasteiger partial charge in [-0.1, -0.05) is 34.1 Å². The predicted octanol–water partition coefficient (Wildman–Crippen LogP) is 5.36. The average molecular weight is 444 g/mol. The molecule has 1 amide bonds. The van der Waals surface area contributed by atoms with Crippen molar-refractivity contribution in [3.63, 3.8) is 0 Å². The third-order valence-corrected chi connectivity index (χ3v) is 4.50. The van der Waals surface area contributed by atoms with Gasteiger partial charge in [-0.15, -0.1) is 0 Å². The van der Waals surface area contributed by atoms with Crippen molar-refractivity contribution in [1.29, 1.82) is 0 Å². The SMILES string of the molecule is CN(C(=O)c1ccc(Br)cc1F)c1ccc(Oc2ccccc2)cc1C(=O)O. The maximum atomic E-state index is 14.1. The van der Waals surface area contributed by atoms with E-state index < -0.39 is 17.7 Å². The Labute approximate surface area is 169 Å². The molecule has 0 atom stereocenters. The number of nitrogens with zero attached hydrogens (tertiary/aromatic N) is 1. The van der Waals surface area contributed by atoms with E-state index in [1.807, 2.05) is 6.07 Å². The van der Waals surface area contributed by atoms with Gasteiger partial charge in [-0.3, -0.25) is 4.79 Å². The highest BCUT2D eigenvalue weighted by Gasteiger charge is 2.22. The van der Waals surface area contributed by atoms with E-state index in [-0.39, 0.29) is 16.8 Å². The summed E-state index contributed by atoms with van der Waals surface area (Å²) in [6.07, 6.45) is 0. The number of aromatic carboxylic acids is 1. The molecule has 1 N–H and O–H groups in total. The van der Waals surface area contributed by atoms with Crippen LogP contribution in [0.2, 0.25) is 0 Å². The normalized spacial score (nSPS) is 10.4. The minimum absolute atomic E-state index is 0.125. The number of para-hydroxylation sites is 1. The van der Waals surface area contributed by atoms with Crippen molar-refractivity contribution >= 4 is 33.5 Å². The van der Waals surface area contributed by atoms with Crippen molar-refractivity contribution in [3.8, 4) is 11.5 Å². The molecule has 0 aliphatic rings. The number of carboxylic acid groups (broad SMARTS) is 1. The van der Waals surface area contributed by atoms with Crippen molar-refractivity contribution in [2.24, 2.45) is 0 Å². The van der Waals surface area contributed by atoms with Crippen LogP contribution in [-0.4, -0.2) is 24.0 Å². The Hall–Kier alpha value is -3.19. The molecular weight excluding hydrogens is 429 g/mol. The van der Waals surface area contributed by atoms with E-state index >= 15 is 0 Å². The summed E-state index contributed by atoms with van der Waals surface area (Å²) in [5.74, 6) is -1.74. The molecule has 0 spiro atoms. The maximum absolute atomic E-state index is 14.1. The number of carbonyl (C=O) groups is 2. The number of rotatable bonds is 5. The molecule has 0 bridgehead atoms. The van der Waals surface area contributed by atoms with E-state index in [0.29, 0.717) is 16.0 Å². The van der Waals surface area contributed by atoms with E-state index in [0.717, 1.165) is 4.90 Å². The summed E-state index contributed by atoms with van der Waals surface area (Å²) in [4.78, 5) is 25.5. The Kier molecular flexibility index (Phi) is 5.75. The molecule has 0 radical (unpaired) electrons. The van der Waals surface area contributed by atoms with Crippen LogP contribution in [0.4, 0.5) is 10.1 Å². The second kappa shape index (κ2) is 8.22. The molecule has 28 heavy (non-hydrogen) atoms. The van der Waals surface area contributed by atoms with Crippen molar-refractivity contribution in [2.75, 3.05) is 11.9 Å². The molecule has 0 fully saturated rings. The summed E-state index contributed by atoms with van der Waals surface area (Å²) in [7, 11) is 1.39. The number of carbonyl (C=O) groups excluding carboxylic acids is 1. The first-order chi connectivity index (χ1) is 13.4. The lowest BCUT2D eigenvalue weighted by Gasteiger charge is -2.20. The monoisotopic (exact) mass is 443 g/mol. The number of amides is 1. The van der Waals surface area contributed by atoms with E-state index in [1.54, 1.807) is 36.4 Å². The lowest BCUT2D eigenvalue weighted by molar-refractivity contribution is 0.0697. The van der Waals surface area contributed by atoms with E-state index in [2.05, 4.69) is 15.9 Å². The highest BCUT2D eigenvalue weighted by atomic mass is 79.9. The van der Waals surface area contributed by atoms with E-state index in [4.69, 9.17) is 4.74 Å². The van der Waals surface area contributed by atoms with Crippen LogP contribution in [0.25, 0.3) is 0 Å². The zero-order chi connectivity index (χ0) is 20.3. The molecule has 0 unspecified atom stereocenters. The summed E-state index contributed by atoms with van der Waals surface area (Å²) >= 11 is 3.14. The van der Waals surface area contributed by atoms with Gasteiger partial charge in [-0.2, -0.15) is 0 Å². The van der Waals surface area contributed by atoms with Crippen LogP contribution >= 0.6 is 15.9 Å². The fourth-order valence-electron chi connectivity index (χ4n) is 2.62. The van der Waals surface area contributed by atoms with Gasteiger partial charge in [0.2, 0.25) is 0 Å². The second-order valence-corrected chi connectivity index (χ2v) is 6.80. The summed E-state index contributed by atoms with van der Waals surface area (Å²) in [5.41, 5.74) is -0.173. The number of ether oxygens (including phenoxy) is 1. The highest BCUT2D eigenvalue weighted by Crippen LogP contribution is 2.29.